The van der Waals surface area contributed by atoms with Crippen molar-refractivity contribution in [2.75, 3.05) is 43.7 Å². The minimum absolute atomic E-state index is 0.0260. The van der Waals surface area contributed by atoms with Gasteiger partial charge in [-0.1, -0.05) is 11.6 Å². The number of phenols is 1. The number of primary amides is 1. The number of benzene rings is 2. The first-order valence-electron chi connectivity index (χ1n) is 14.4. The number of aliphatic hydroxyl groups excluding tert-OH is 2. The summed E-state index contributed by atoms with van der Waals surface area (Å²) in [5.74, 6) is -8.42. The van der Waals surface area contributed by atoms with Gasteiger partial charge in [0.25, 0.3) is 5.91 Å². The normalized spacial score (nSPS) is 23.8. The van der Waals surface area contributed by atoms with E-state index < -0.39 is 98.4 Å². The zero-order valence-electron chi connectivity index (χ0n) is 25.9. The number of nitrogens with two attached hydrogens (primary N) is 1. The van der Waals surface area contributed by atoms with Crippen LogP contribution in [0.3, 0.4) is 0 Å². The third-order valence-corrected chi connectivity index (χ3v) is 9.20. The Hall–Kier alpha value is -4.80. The number of alkyl halides is 3. The number of nitrogens with zero attached hydrogens (tertiary/aromatic N) is 2. The summed E-state index contributed by atoms with van der Waals surface area (Å²) in [7, 11) is 6.22. The van der Waals surface area contributed by atoms with E-state index in [1.54, 1.807) is 19.0 Å². The summed E-state index contributed by atoms with van der Waals surface area (Å²) in [6, 6.07) is 1.62. The number of ketones is 2. The van der Waals surface area contributed by atoms with Crippen molar-refractivity contribution in [3.8, 4) is 5.75 Å². The monoisotopic (exact) mass is 693 g/mol. The molecule has 17 heteroatoms. The summed E-state index contributed by atoms with van der Waals surface area (Å²) >= 11 is 5.71. The fourth-order valence-electron chi connectivity index (χ4n) is 6.93. The van der Waals surface area contributed by atoms with Crippen LogP contribution in [0.2, 0.25) is 5.02 Å². The molecule has 0 aromatic heterocycles. The van der Waals surface area contributed by atoms with Gasteiger partial charge in [-0.15, -0.1) is 0 Å². The number of anilines is 3. The van der Waals surface area contributed by atoms with Crippen LogP contribution in [0, 0.1) is 11.8 Å². The molecule has 0 bridgehead atoms. The highest BCUT2D eigenvalue weighted by Crippen LogP contribution is 2.54. The zero-order chi connectivity index (χ0) is 35.8. The second-order valence-electron chi connectivity index (χ2n) is 12.3. The number of halogens is 4. The molecule has 13 nitrogen and oxygen atoms in total. The van der Waals surface area contributed by atoms with Crippen molar-refractivity contribution in [3.63, 3.8) is 0 Å². The standard InChI is InChI=1S/C31H31ClF3N5O8/c1-39(2)18-10-17(38-29(47)37-16-6-5-12(32)9-14(16)31(33,34)35)23(41)20-13(18)7-11-8-15-22(40(3)4)25(43)21(28(36)46)27(45)30(15,48)26(44)19(11)24(20)42/h5-6,9-11,15,22,41,43-44,48H,7-8H2,1-4H3,(H2,36,46)(H2,37,38,47)/t11-,15-,22-,30-/m0/s1. The highest BCUT2D eigenvalue weighted by atomic mass is 35.5. The summed E-state index contributed by atoms with van der Waals surface area (Å²) < 4.78 is 40.8. The quantitative estimate of drug-likeness (QED) is 0.179. The molecular formula is C31H31ClF3N5O8. The number of aliphatic hydroxyl groups is 3. The van der Waals surface area contributed by atoms with Crippen molar-refractivity contribution in [3.05, 3.63) is 68.6 Å². The summed E-state index contributed by atoms with van der Waals surface area (Å²) in [5.41, 5.74) is -0.945. The van der Waals surface area contributed by atoms with Crippen molar-refractivity contribution in [2.24, 2.45) is 17.6 Å². The van der Waals surface area contributed by atoms with Crippen molar-refractivity contribution in [1.82, 2.24) is 4.90 Å². The molecule has 0 spiro atoms. The first-order valence-corrected chi connectivity index (χ1v) is 14.7. The van der Waals surface area contributed by atoms with Crippen molar-refractivity contribution in [1.29, 1.82) is 0 Å². The van der Waals surface area contributed by atoms with Gasteiger partial charge in [-0.2, -0.15) is 13.2 Å². The van der Waals surface area contributed by atoms with Gasteiger partial charge in [0.15, 0.2) is 17.1 Å². The minimum atomic E-state index is -4.87. The number of aromatic hydroxyl groups is 1. The van der Waals surface area contributed by atoms with Crippen LogP contribution in [-0.2, 0) is 22.2 Å². The maximum Gasteiger partial charge on any atom is 0.418 e. The number of hydrogen-bond acceptors (Lipinski definition) is 10. The van der Waals surface area contributed by atoms with E-state index in [1.165, 1.54) is 25.1 Å². The molecule has 48 heavy (non-hydrogen) atoms. The van der Waals surface area contributed by atoms with E-state index in [9.17, 15) is 52.8 Å². The number of urea groups is 1. The van der Waals surface area contributed by atoms with Gasteiger partial charge < -0.3 is 41.7 Å². The average molecular weight is 694 g/mol. The van der Waals surface area contributed by atoms with Gasteiger partial charge in [0.1, 0.15) is 17.1 Å². The number of likely N-dealkylation sites (N-methyl/N-ethyl adjacent to an activating group) is 1. The highest BCUT2D eigenvalue weighted by Gasteiger charge is 2.63. The lowest BCUT2D eigenvalue weighted by Crippen LogP contribution is -2.63. The van der Waals surface area contributed by atoms with E-state index in [4.69, 9.17) is 17.3 Å². The summed E-state index contributed by atoms with van der Waals surface area (Å²) in [5, 5.41) is 49.6. The number of fused-ring (bicyclic) bond motifs is 3. The second kappa shape index (κ2) is 11.7. The number of rotatable bonds is 5. The van der Waals surface area contributed by atoms with Gasteiger partial charge in [0.05, 0.1) is 28.5 Å². The predicted molar refractivity (Wildman–Crippen MR) is 167 cm³/mol. The third kappa shape index (κ3) is 5.29. The van der Waals surface area contributed by atoms with Crippen LogP contribution in [0.25, 0.3) is 0 Å². The van der Waals surface area contributed by atoms with E-state index in [0.29, 0.717) is 11.8 Å². The number of carbonyl (C=O) groups excluding carboxylic acids is 4. The Kier molecular flexibility index (Phi) is 8.43. The second-order valence-corrected chi connectivity index (χ2v) is 12.7. The van der Waals surface area contributed by atoms with E-state index in [0.717, 1.165) is 12.1 Å². The SMILES string of the molecule is CN(C)c1cc(NC(=O)Nc2ccc(Cl)cc2C(F)(F)F)c(O)c2c1C[C@H]1C[C@H]3[C@H](N(C)C)C(O)=C(C(N)=O)C(=O)[C@@]3(O)C(O)=C1C2=O. The Morgan fingerprint density at radius 3 is 2.23 bits per heavy atom. The molecule has 3 aliphatic rings. The molecule has 8 N–H and O–H groups in total. The van der Waals surface area contributed by atoms with Crippen molar-refractivity contribution < 1.29 is 52.8 Å². The van der Waals surface area contributed by atoms with Crippen LogP contribution < -0.4 is 21.3 Å². The fourth-order valence-corrected chi connectivity index (χ4v) is 7.10. The molecule has 3 amide bonds. The number of phenolic OH excluding ortho intramolecular Hbond substituents is 1. The number of nitrogens with one attached hydrogen (secondary N) is 2. The molecule has 256 valence electrons. The van der Waals surface area contributed by atoms with E-state index in [-0.39, 0.29) is 29.1 Å². The zero-order valence-corrected chi connectivity index (χ0v) is 26.6. The summed E-state index contributed by atoms with van der Waals surface area (Å²) in [6.45, 7) is 0. The first-order chi connectivity index (χ1) is 22.2. The lowest BCUT2D eigenvalue weighted by molar-refractivity contribution is -0.148. The lowest BCUT2D eigenvalue weighted by atomic mass is 9.58. The summed E-state index contributed by atoms with van der Waals surface area (Å²) in [4.78, 5) is 55.8. The molecule has 4 atom stereocenters. The van der Waals surface area contributed by atoms with E-state index >= 15 is 0 Å². The Morgan fingerprint density at radius 1 is 1.04 bits per heavy atom. The lowest BCUT2D eigenvalue weighted by Gasteiger charge is -2.50. The maximum absolute atomic E-state index is 14.1. The van der Waals surface area contributed by atoms with E-state index in [2.05, 4.69) is 10.6 Å². The Bertz CT molecular complexity index is 1860. The minimum Gasteiger partial charge on any atom is -0.510 e. The van der Waals surface area contributed by atoms with Gasteiger partial charge in [0.2, 0.25) is 5.78 Å². The van der Waals surface area contributed by atoms with Crippen LogP contribution in [0.15, 0.2) is 46.9 Å². The molecule has 5 rings (SSSR count). The van der Waals surface area contributed by atoms with Gasteiger partial charge >= 0.3 is 12.2 Å². The van der Waals surface area contributed by atoms with Gasteiger partial charge in [-0.25, -0.2) is 4.79 Å². The van der Waals surface area contributed by atoms with Crippen LogP contribution in [0.4, 0.5) is 35.0 Å². The molecule has 0 unspecified atom stereocenters. The van der Waals surface area contributed by atoms with Crippen LogP contribution >= 0.6 is 11.6 Å². The van der Waals surface area contributed by atoms with Crippen molar-refractivity contribution >= 4 is 52.2 Å². The number of amides is 3. The molecule has 0 aliphatic heterocycles. The predicted octanol–water partition coefficient (Wildman–Crippen LogP) is 3.50. The Balaban J connectivity index is 1.60. The van der Waals surface area contributed by atoms with Crippen molar-refractivity contribution in [2.45, 2.75) is 30.7 Å². The van der Waals surface area contributed by atoms with Crippen LogP contribution in [0.1, 0.15) is 27.9 Å². The topological polar surface area (TPSA) is 206 Å². The largest absolute Gasteiger partial charge is 0.510 e. The number of carbonyl (C=O) groups is 4. The molecule has 0 radical (unpaired) electrons. The van der Waals surface area contributed by atoms with Gasteiger partial charge in [0, 0.05) is 36.3 Å². The number of allylic oxidation sites excluding steroid dienone is 1. The molecule has 2 aromatic rings. The summed E-state index contributed by atoms with van der Waals surface area (Å²) in [6.07, 6.45) is -5.04. The van der Waals surface area contributed by atoms with Crippen LogP contribution in [0.5, 0.6) is 5.75 Å². The fraction of sp³-hybridized carbons (Fsp3) is 0.355. The molecule has 0 saturated carbocycles. The molecule has 2 aromatic carbocycles. The molecular weight excluding hydrogens is 663 g/mol. The highest BCUT2D eigenvalue weighted by molar-refractivity contribution is 6.30. The Morgan fingerprint density at radius 2 is 1.67 bits per heavy atom. The maximum atomic E-state index is 14.1. The van der Waals surface area contributed by atoms with Gasteiger partial charge in [-0.3, -0.25) is 19.3 Å². The first kappa shape index (κ1) is 34.5. The number of Topliss-reactive ketones (excluding diaryl/α,β-unsaturated/α-hetero) is 2. The molecule has 0 saturated heterocycles. The molecule has 3 aliphatic carbocycles. The third-order valence-electron chi connectivity index (χ3n) is 8.96. The average Bonchev–Trinajstić information content (AvgIpc) is 2.96. The van der Waals surface area contributed by atoms with E-state index in [1.807, 2.05) is 0 Å². The number of hydrogen-bond donors (Lipinski definition) is 7. The van der Waals surface area contributed by atoms with Crippen LogP contribution in [-0.4, -0.2) is 88.7 Å². The van der Waals surface area contributed by atoms with Gasteiger partial charge in [-0.05, 0) is 62.7 Å². The Labute approximate surface area is 276 Å². The molecule has 0 heterocycles. The molecule has 0 fully saturated rings. The smallest absolute Gasteiger partial charge is 0.418 e.